The topological polar surface area (TPSA) is 180 Å². The number of aliphatic hydroxyl groups excluding tert-OH is 1. The maximum atomic E-state index is 13.9. The zero-order valence-corrected chi connectivity index (χ0v) is 26.5. The third-order valence-electron chi connectivity index (χ3n) is 7.57. The molecule has 45 heavy (non-hydrogen) atoms. The first-order valence-corrected chi connectivity index (χ1v) is 15.0. The van der Waals surface area contributed by atoms with Crippen molar-refractivity contribution in [1.82, 2.24) is 20.9 Å². The number of alkyl carbamates (subject to hydrolysis) is 1. The van der Waals surface area contributed by atoms with Crippen molar-refractivity contribution >= 4 is 29.7 Å². The summed E-state index contributed by atoms with van der Waals surface area (Å²) in [5.41, 5.74) is 5.68. The molecule has 244 valence electrons. The van der Waals surface area contributed by atoms with E-state index in [0.29, 0.717) is 17.5 Å². The second-order valence-corrected chi connectivity index (χ2v) is 13.1. The van der Waals surface area contributed by atoms with E-state index in [1.807, 2.05) is 40.7 Å². The van der Waals surface area contributed by atoms with Crippen molar-refractivity contribution in [3.63, 3.8) is 0 Å². The van der Waals surface area contributed by atoms with Crippen LogP contribution >= 0.6 is 0 Å². The fourth-order valence-corrected chi connectivity index (χ4v) is 5.32. The van der Waals surface area contributed by atoms with Crippen LogP contribution in [-0.2, 0) is 36.9 Å². The SMILES string of the molecule is CC(C)(C)NC(=O)[C@H]1N(C(=O)[C@@H](O)[C@H](Cc2ccccc2)NC(=O)[C@H](CC(N)=O)NC(=O)OCc2ccccc2)CCC1(C)C. The Hall–Kier alpha value is -4.45. The molecular formula is C33H45N5O7. The molecule has 12 nitrogen and oxygen atoms in total. The molecule has 0 radical (unpaired) electrons. The fourth-order valence-electron chi connectivity index (χ4n) is 5.32. The average molecular weight is 624 g/mol. The molecule has 2 aromatic carbocycles. The molecule has 1 fully saturated rings. The van der Waals surface area contributed by atoms with Crippen LogP contribution in [0.15, 0.2) is 60.7 Å². The van der Waals surface area contributed by atoms with Crippen molar-refractivity contribution in [3.8, 4) is 0 Å². The van der Waals surface area contributed by atoms with Crippen LogP contribution in [0.3, 0.4) is 0 Å². The molecule has 1 aliphatic heterocycles. The number of aliphatic hydroxyl groups is 1. The van der Waals surface area contributed by atoms with Gasteiger partial charge in [0.2, 0.25) is 17.7 Å². The van der Waals surface area contributed by atoms with Crippen LogP contribution in [0.2, 0.25) is 0 Å². The summed E-state index contributed by atoms with van der Waals surface area (Å²) in [6, 6.07) is 14.3. The number of nitrogens with two attached hydrogens (primary N) is 1. The molecule has 0 saturated carbocycles. The normalized spacial score (nSPS) is 17.8. The van der Waals surface area contributed by atoms with E-state index in [9.17, 15) is 29.1 Å². The number of nitrogens with one attached hydrogen (secondary N) is 3. The Morgan fingerprint density at radius 2 is 1.56 bits per heavy atom. The van der Waals surface area contributed by atoms with E-state index in [2.05, 4.69) is 16.0 Å². The summed E-state index contributed by atoms with van der Waals surface area (Å²) in [6.07, 6.45) is -2.70. The van der Waals surface area contributed by atoms with Gasteiger partial charge in [0.25, 0.3) is 5.91 Å². The maximum absolute atomic E-state index is 13.9. The van der Waals surface area contributed by atoms with Gasteiger partial charge in [0, 0.05) is 12.1 Å². The third kappa shape index (κ3) is 10.3. The van der Waals surface area contributed by atoms with Gasteiger partial charge in [-0.2, -0.15) is 0 Å². The Morgan fingerprint density at radius 3 is 2.11 bits per heavy atom. The van der Waals surface area contributed by atoms with Crippen molar-refractivity contribution in [2.24, 2.45) is 11.1 Å². The molecule has 0 spiro atoms. The van der Waals surface area contributed by atoms with Crippen LogP contribution in [-0.4, -0.2) is 76.0 Å². The lowest BCUT2D eigenvalue weighted by Gasteiger charge is -2.36. The molecule has 0 bridgehead atoms. The molecule has 1 aliphatic rings. The van der Waals surface area contributed by atoms with Crippen molar-refractivity contribution in [2.45, 2.75) is 90.3 Å². The minimum atomic E-state index is -1.76. The van der Waals surface area contributed by atoms with Crippen molar-refractivity contribution in [1.29, 1.82) is 0 Å². The molecule has 0 unspecified atom stereocenters. The third-order valence-corrected chi connectivity index (χ3v) is 7.57. The van der Waals surface area contributed by atoms with E-state index in [1.54, 1.807) is 54.6 Å². The fraction of sp³-hybridized carbons (Fsp3) is 0.485. The highest BCUT2D eigenvalue weighted by Gasteiger charge is 2.49. The molecular weight excluding hydrogens is 578 g/mol. The highest BCUT2D eigenvalue weighted by Crippen LogP contribution is 2.37. The van der Waals surface area contributed by atoms with Gasteiger partial charge < -0.3 is 36.4 Å². The number of ether oxygens (including phenoxy) is 1. The van der Waals surface area contributed by atoms with Gasteiger partial charge in [0.15, 0.2) is 6.10 Å². The summed E-state index contributed by atoms with van der Waals surface area (Å²) < 4.78 is 5.20. The molecule has 5 amide bonds. The van der Waals surface area contributed by atoms with Gasteiger partial charge in [-0.05, 0) is 50.2 Å². The number of hydrogen-bond donors (Lipinski definition) is 5. The number of carbonyl (C=O) groups excluding carboxylic acids is 5. The Bertz CT molecular complexity index is 1340. The number of benzene rings is 2. The predicted molar refractivity (Wildman–Crippen MR) is 167 cm³/mol. The first-order chi connectivity index (χ1) is 21.1. The molecule has 2 aromatic rings. The smallest absolute Gasteiger partial charge is 0.408 e. The van der Waals surface area contributed by atoms with Crippen LogP contribution < -0.4 is 21.7 Å². The van der Waals surface area contributed by atoms with E-state index in [4.69, 9.17) is 10.5 Å². The number of nitrogens with zero attached hydrogens (tertiary/aromatic N) is 1. The van der Waals surface area contributed by atoms with Gasteiger partial charge in [0.1, 0.15) is 18.7 Å². The molecule has 12 heteroatoms. The first-order valence-electron chi connectivity index (χ1n) is 15.0. The highest BCUT2D eigenvalue weighted by molar-refractivity contribution is 5.93. The lowest BCUT2D eigenvalue weighted by Crippen LogP contribution is -2.60. The Kier molecular flexibility index (Phi) is 11.7. The van der Waals surface area contributed by atoms with Crippen LogP contribution in [0.25, 0.3) is 0 Å². The summed E-state index contributed by atoms with van der Waals surface area (Å²) in [7, 11) is 0. The number of amides is 5. The monoisotopic (exact) mass is 623 g/mol. The Morgan fingerprint density at radius 1 is 0.978 bits per heavy atom. The minimum Gasteiger partial charge on any atom is -0.445 e. The van der Waals surface area contributed by atoms with Gasteiger partial charge in [-0.1, -0.05) is 74.5 Å². The maximum Gasteiger partial charge on any atom is 0.408 e. The van der Waals surface area contributed by atoms with Gasteiger partial charge >= 0.3 is 6.09 Å². The van der Waals surface area contributed by atoms with E-state index < -0.39 is 65.4 Å². The molecule has 1 heterocycles. The molecule has 6 N–H and O–H groups in total. The van der Waals surface area contributed by atoms with E-state index >= 15 is 0 Å². The average Bonchev–Trinajstić information content (AvgIpc) is 3.29. The van der Waals surface area contributed by atoms with Crippen molar-refractivity contribution < 1.29 is 33.8 Å². The summed E-state index contributed by atoms with van der Waals surface area (Å²) in [5, 5.41) is 19.4. The summed E-state index contributed by atoms with van der Waals surface area (Å²) in [5.74, 6) is -2.77. The Balaban J connectivity index is 1.82. The predicted octanol–water partition coefficient (Wildman–Crippen LogP) is 1.79. The largest absolute Gasteiger partial charge is 0.445 e. The lowest BCUT2D eigenvalue weighted by molar-refractivity contribution is -0.149. The van der Waals surface area contributed by atoms with Crippen molar-refractivity contribution in [3.05, 3.63) is 71.8 Å². The van der Waals surface area contributed by atoms with Gasteiger partial charge in [-0.3, -0.25) is 19.2 Å². The quantitative estimate of drug-likeness (QED) is 0.239. The Labute approximate surface area is 264 Å². The van der Waals surface area contributed by atoms with E-state index in [1.165, 1.54) is 4.90 Å². The zero-order chi connectivity index (χ0) is 33.4. The van der Waals surface area contributed by atoms with Crippen LogP contribution in [0.5, 0.6) is 0 Å². The summed E-state index contributed by atoms with van der Waals surface area (Å²) in [4.78, 5) is 66.4. The number of carbonyl (C=O) groups is 5. The number of rotatable bonds is 12. The number of hydrogen-bond acceptors (Lipinski definition) is 7. The molecule has 0 aromatic heterocycles. The highest BCUT2D eigenvalue weighted by atomic mass is 16.5. The van der Waals surface area contributed by atoms with E-state index in [0.717, 1.165) is 0 Å². The van der Waals surface area contributed by atoms with Crippen LogP contribution in [0.1, 0.15) is 58.6 Å². The van der Waals surface area contributed by atoms with Gasteiger partial charge in [-0.15, -0.1) is 0 Å². The number of primary amides is 1. The molecule has 4 atom stereocenters. The van der Waals surface area contributed by atoms with Crippen LogP contribution in [0, 0.1) is 5.41 Å². The standard InChI is InChI=1S/C33H45N5O7/c1-32(2,3)37-29(42)27-33(4,5)16-17-38(27)30(43)26(40)23(18-21-12-8-6-9-13-21)35-28(41)24(19-25(34)39)36-31(44)45-20-22-14-10-7-11-15-22/h6-15,23-24,26-27,40H,16-20H2,1-5H3,(H2,34,39)(H,35,41)(H,36,44)(H,37,42)/t23-,24-,26-,27+/m0/s1. The molecule has 3 rings (SSSR count). The van der Waals surface area contributed by atoms with Gasteiger partial charge in [0.05, 0.1) is 12.5 Å². The zero-order valence-electron chi connectivity index (χ0n) is 26.5. The molecule has 0 aliphatic carbocycles. The summed E-state index contributed by atoms with van der Waals surface area (Å²) in [6.45, 7) is 9.46. The first kappa shape index (κ1) is 35.0. The van der Waals surface area contributed by atoms with Crippen LogP contribution in [0.4, 0.5) is 4.79 Å². The van der Waals surface area contributed by atoms with Crippen molar-refractivity contribution in [2.75, 3.05) is 6.54 Å². The minimum absolute atomic E-state index is 0.0390. The second kappa shape index (κ2) is 15.0. The lowest BCUT2D eigenvalue weighted by atomic mass is 9.83. The van der Waals surface area contributed by atoms with Gasteiger partial charge in [-0.25, -0.2) is 4.79 Å². The summed E-state index contributed by atoms with van der Waals surface area (Å²) >= 11 is 0. The van der Waals surface area contributed by atoms with E-state index in [-0.39, 0.29) is 25.5 Å². The molecule has 1 saturated heterocycles. The second-order valence-electron chi connectivity index (χ2n) is 13.1. The number of likely N-dealkylation sites (tertiary alicyclic amines) is 1.